The van der Waals surface area contributed by atoms with Crippen LogP contribution in [-0.2, 0) is 4.79 Å². The third kappa shape index (κ3) is 8.05. The van der Waals surface area contributed by atoms with Crippen molar-refractivity contribution < 1.29 is 15.0 Å². The summed E-state index contributed by atoms with van der Waals surface area (Å²) in [5.74, 6) is -0.855. The Bertz CT molecular complexity index is 145. The molecule has 0 spiro atoms. The molecule has 2 N–H and O–H groups in total. The maximum atomic E-state index is 10.4. The van der Waals surface area contributed by atoms with E-state index in [1.165, 1.54) is 19.3 Å². The quantitative estimate of drug-likeness (QED) is 0.564. The van der Waals surface area contributed by atoms with E-state index in [4.69, 9.17) is 10.2 Å². The summed E-state index contributed by atoms with van der Waals surface area (Å²) in [6.07, 6.45) is 6.84. The molecule has 0 saturated heterocycles. The molecule has 0 aromatic carbocycles. The molecule has 0 fully saturated rings. The van der Waals surface area contributed by atoms with E-state index < -0.39 is 5.97 Å². The topological polar surface area (TPSA) is 57.5 Å². The van der Waals surface area contributed by atoms with E-state index in [2.05, 4.69) is 6.92 Å². The van der Waals surface area contributed by atoms with Gasteiger partial charge in [0.15, 0.2) is 0 Å². The minimum atomic E-state index is -0.808. The first-order valence-corrected chi connectivity index (χ1v) is 5.53. The molecule has 0 aliphatic carbocycles. The molecular weight excluding hydrogens is 180 g/mol. The highest BCUT2D eigenvalue weighted by atomic mass is 16.4. The SMILES string of the molecule is CCCCCCC[C@H](CO)CC(=O)O. The van der Waals surface area contributed by atoms with Crippen LogP contribution in [-0.4, -0.2) is 22.8 Å². The molecule has 3 nitrogen and oxygen atoms in total. The van der Waals surface area contributed by atoms with Crippen LogP contribution in [0.1, 0.15) is 51.9 Å². The molecular formula is C11H22O3. The summed E-state index contributed by atoms with van der Waals surface area (Å²) in [4.78, 5) is 10.4. The maximum Gasteiger partial charge on any atom is 0.303 e. The highest BCUT2D eigenvalue weighted by molar-refractivity contribution is 5.66. The summed E-state index contributed by atoms with van der Waals surface area (Å²) >= 11 is 0. The van der Waals surface area contributed by atoms with Crippen molar-refractivity contribution in [1.82, 2.24) is 0 Å². The number of aliphatic hydroxyl groups excluding tert-OH is 1. The third-order valence-electron chi connectivity index (χ3n) is 2.44. The highest BCUT2D eigenvalue weighted by Gasteiger charge is 2.11. The van der Waals surface area contributed by atoms with Crippen molar-refractivity contribution in [1.29, 1.82) is 0 Å². The van der Waals surface area contributed by atoms with E-state index in [0.717, 1.165) is 19.3 Å². The van der Waals surface area contributed by atoms with Crippen LogP contribution >= 0.6 is 0 Å². The summed E-state index contributed by atoms with van der Waals surface area (Å²) in [5.41, 5.74) is 0. The van der Waals surface area contributed by atoms with Crippen molar-refractivity contribution in [2.45, 2.75) is 51.9 Å². The zero-order valence-electron chi connectivity index (χ0n) is 9.04. The number of carboxylic acids is 1. The van der Waals surface area contributed by atoms with Crippen molar-refractivity contribution in [2.75, 3.05) is 6.61 Å². The van der Waals surface area contributed by atoms with Gasteiger partial charge in [-0.05, 0) is 12.3 Å². The Kier molecular flexibility index (Phi) is 8.64. The fourth-order valence-corrected chi connectivity index (χ4v) is 1.54. The van der Waals surface area contributed by atoms with Crippen LogP contribution in [0.15, 0.2) is 0 Å². The van der Waals surface area contributed by atoms with Crippen molar-refractivity contribution in [3.63, 3.8) is 0 Å². The summed E-state index contributed by atoms with van der Waals surface area (Å²) in [7, 11) is 0. The lowest BCUT2D eigenvalue weighted by Crippen LogP contribution is -2.11. The molecule has 0 saturated carbocycles. The van der Waals surface area contributed by atoms with Crippen molar-refractivity contribution in [3.05, 3.63) is 0 Å². The first-order chi connectivity index (χ1) is 6.70. The van der Waals surface area contributed by atoms with Crippen LogP contribution in [0, 0.1) is 5.92 Å². The molecule has 0 aromatic rings. The summed E-state index contributed by atoms with van der Waals surface area (Å²) in [6, 6.07) is 0. The van der Waals surface area contributed by atoms with Gasteiger partial charge in [0.25, 0.3) is 0 Å². The molecule has 0 radical (unpaired) electrons. The van der Waals surface area contributed by atoms with E-state index in [1.807, 2.05) is 0 Å². The normalized spacial score (nSPS) is 12.7. The molecule has 0 rings (SSSR count). The number of carboxylic acid groups (broad SMARTS) is 1. The van der Waals surface area contributed by atoms with Gasteiger partial charge >= 0.3 is 5.97 Å². The predicted molar refractivity (Wildman–Crippen MR) is 56.2 cm³/mol. The second kappa shape index (κ2) is 9.00. The zero-order valence-corrected chi connectivity index (χ0v) is 9.04. The molecule has 14 heavy (non-hydrogen) atoms. The fourth-order valence-electron chi connectivity index (χ4n) is 1.54. The van der Waals surface area contributed by atoms with E-state index >= 15 is 0 Å². The summed E-state index contributed by atoms with van der Waals surface area (Å²) in [6.45, 7) is 2.17. The van der Waals surface area contributed by atoms with Crippen LogP contribution in [0.3, 0.4) is 0 Å². The van der Waals surface area contributed by atoms with Gasteiger partial charge in [0, 0.05) is 6.61 Å². The number of rotatable bonds is 9. The fraction of sp³-hybridized carbons (Fsp3) is 0.909. The largest absolute Gasteiger partial charge is 0.481 e. The van der Waals surface area contributed by atoms with Crippen LogP contribution in [0.25, 0.3) is 0 Å². The van der Waals surface area contributed by atoms with Crippen LogP contribution in [0.2, 0.25) is 0 Å². The Morgan fingerprint density at radius 1 is 1.21 bits per heavy atom. The number of hydrogen-bond donors (Lipinski definition) is 2. The van der Waals surface area contributed by atoms with Crippen molar-refractivity contribution in [2.24, 2.45) is 5.92 Å². The van der Waals surface area contributed by atoms with Crippen molar-refractivity contribution >= 4 is 5.97 Å². The standard InChI is InChI=1S/C11H22O3/c1-2-3-4-5-6-7-10(9-12)8-11(13)14/h10,12H,2-9H2,1H3,(H,13,14)/t10-/m0/s1. The molecule has 0 heterocycles. The Labute approximate surface area is 86.1 Å². The predicted octanol–water partition coefficient (Wildman–Crippen LogP) is 2.43. The molecule has 0 bridgehead atoms. The van der Waals surface area contributed by atoms with E-state index in [1.54, 1.807) is 0 Å². The van der Waals surface area contributed by atoms with Gasteiger partial charge in [0.05, 0.1) is 6.42 Å². The smallest absolute Gasteiger partial charge is 0.303 e. The molecule has 0 aliphatic heterocycles. The lowest BCUT2D eigenvalue weighted by molar-refractivity contribution is -0.138. The van der Waals surface area contributed by atoms with Gasteiger partial charge in [-0.1, -0.05) is 39.0 Å². The Morgan fingerprint density at radius 3 is 2.36 bits per heavy atom. The Balaban J connectivity index is 3.38. The van der Waals surface area contributed by atoms with Gasteiger partial charge in [-0.25, -0.2) is 0 Å². The number of aliphatic carboxylic acids is 1. The number of aliphatic hydroxyl groups is 1. The average molecular weight is 202 g/mol. The lowest BCUT2D eigenvalue weighted by Gasteiger charge is -2.10. The summed E-state index contributed by atoms with van der Waals surface area (Å²) in [5, 5.41) is 17.5. The van der Waals surface area contributed by atoms with Gasteiger partial charge in [0.2, 0.25) is 0 Å². The molecule has 3 heteroatoms. The van der Waals surface area contributed by atoms with Gasteiger partial charge in [-0.2, -0.15) is 0 Å². The lowest BCUT2D eigenvalue weighted by atomic mass is 9.98. The van der Waals surface area contributed by atoms with E-state index in [-0.39, 0.29) is 18.9 Å². The molecule has 0 aliphatic rings. The van der Waals surface area contributed by atoms with Gasteiger partial charge in [-0.15, -0.1) is 0 Å². The maximum absolute atomic E-state index is 10.4. The number of unbranched alkanes of at least 4 members (excludes halogenated alkanes) is 4. The van der Waals surface area contributed by atoms with Crippen LogP contribution in [0.4, 0.5) is 0 Å². The number of hydrogen-bond acceptors (Lipinski definition) is 2. The molecule has 84 valence electrons. The minimum Gasteiger partial charge on any atom is -0.481 e. The molecule has 1 atom stereocenters. The van der Waals surface area contributed by atoms with E-state index in [9.17, 15) is 4.79 Å². The Morgan fingerprint density at radius 2 is 1.86 bits per heavy atom. The van der Waals surface area contributed by atoms with Gasteiger partial charge in [-0.3, -0.25) is 4.79 Å². The molecule has 0 unspecified atom stereocenters. The Hall–Kier alpha value is -0.570. The highest BCUT2D eigenvalue weighted by Crippen LogP contribution is 2.14. The summed E-state index contributed by atoms with van der Waals surface area (Å²) < 4.78 is 0. The second-order valence-corrected chi connectivity index (χ2v) is 3.85. The van der Waals surface area contributed by atoms with Gasteiger partial charge in [0.1, 0.15) is 0 Å². The van der Waals surface area contributed by atoms with Crippen molar-refractivity contribution in [3.8, 4) is 0 Å². The third-order valence-corrected chi connectivity index (χ3v) is 2.44. The van der Waals surface area contributed by atoms with Crippen LogP contribution < -0.4 is 0 Å². The molecule has 0 amide bonds. The number of carbonyl (C=O) groups is 1. The average Bonchev–Trinajstić information content (AvgIpc) is 2.15. The zero-order chi connectivity index (χ0) is 10.8. The van der Waals surface area contributed by atoms with Gasteiger partial charge < -0.3 is 10.2 Å². The van der Waals surface area contributed by atoms with E-state index in [0.29, 0.717) is 0 Å². The first-order valence-electron chi connectivity index (χ1n) is 5.53. The van der Waals surface area contributed by atoms with Crippen LogP contribution in [0.5, 0.6) is 0 Å². The minimum absolute atomic E-state index is 0.0000772. The second-order valence-electron chi connectivity index (χ2n) is 3.85. The molecule has 0 aromatic heterocycles. The first kappa shape index (κ1) is 13.4. The monoisotopic (exact) mass is 202 g/mol.